The molecule has 0 spiro atoms. The van der Waals surface area contributed by atoms with E-state index in [-0.39, 0.29) is 30.1 Å². The predicted octanol–water partition coefficient (Wildman–Crippen LogP) is 0.205. The van der Waals surface area contributed by atoms with Crippen LogP contribution in [0.15, 0.2) is 0 Å². The van der Waals surface area contributed by atoms with E-state index in [0.717, 1.165) is 6.26 Å². The summed E-state index contributed by atoms with van der Waals surface area (Å²) in [5.74, 6) is 0.176. The summed E-state index contributed by atoms with van der Waals surface area (Å²) in [5, 5.41) is 0. The highest BCUT2D eigenvalue weighted by Gasteiger charge is 2.30. The minimum atomic E-state index is -3.37. The molecule has 0 aromatic carbocycles. The summed E-state index contributed by atoms with van der Waals surface area (Å²) in [5.41, 5.74) is 0. The van der Waals surface area contributed by atoms with Crippen molar-refractivity contribution < 1.29 is 16.8 Å². The number of sulfonamides is 2. The quantitative estimate of drug-likeness (QED) is 0.704. The monoisotopic (exact) mass is 332 g/mol. The first-order chi connectivity index (χ1) is 8.64. The van der Waals surface area contributed by atoms with Gasteiger partial charge in [-0.1, -0.05) is 6.92 Å². The van der Waals surface area contributed by atoms with Crippen molar-refractivity contribution >= 4 is 31.6 Å². The van der Waals surface area contributed by atoms with Crippen LogP contribution in [-0.2, 0) is 20.0 Å². The molecule has 1 N–H and O–H groups in total. The van der Waals surface area contributed by atoms with Gasteiger partial charge in [-0.3, -0.25) is 0 Å². The van der Waals surface area contributed by atoms with E-state index < -0.39 is 20.0 Å². The molecule has 9 heteroatoms. The first kappa shape index (κ1) is 17.2. The number of nitrogens with zero attached hydrogens (tertiary/aromatic N) is 1. The van der Waals surface area contributed by atoms with Crippen molar-refractivity contribution in [3.05, 3.63) is 0 Å². The Bertz CT molecular complexity index is 492. The lowest BCUT2D eigenvalue weighted by Gasteiger charge is -2.32. The molecule has 0 amide bonds. The van der Waals surface area contributed by atoms with Crippen LogP contribution in [0.2, 0.25) is 0 Å². The number of halogens is 1. The van der Waals surface area contributed by atoms with E-state index in [1.165, 1.54) is 4.31 Å². The van der Waals surface area contributed by atoms with Gasteiger partial charge in [-0.15, -0.1) is 11.6 Å². The van der Waals surface area contributed by atoms with Crippen LogP contribution in [0.25, 0.3) is 0 Å². The van der Waals surface area contributed by atoms with Crippen LogP contribution in [0.1, 0.15) is 19.8 Å². The third-order valence-electron chi connectivity index (χ3n) is 2.92. The summed E-state index contributed by atoms with van der Waals surface area (Å²) in [6, 6.07) is -0.343. The molecule has 2 unspecified atom stereocenters. The van der Waals surface area contributed by atoms with E-state index in [1.54, 1.807) is 6.92 Å². The zero-order chi connectivity index (χ0) is 14.7. The summed E-state index contributed by atoms with van der Waals surface area (Å²) in [6.07, 6.45) is 2.39. The molecular weight excluding hydrogens is 312 g/mol. The highest BCUT2D eigenvalue weighted by Crippen LogP contribution is 2.17. The maximum absolute atomic E-state index is 12.2. The van der Waals surface area contributed by atoms with Crippen molar-refractivity contribution in [2.24, 2.45) is 5.92 Å². The van der Waals surface area contributed by atoms with Gasteiger partial charge in [0.15, 0.2) is 0 Å². The van der Waals surface area contributed by atoms with E-state index in [0.29, 0.717) is 19.4 Å². The molecule has 1 aliphatic heterocycles. The molecule has 6 nitrogen and oxygen atoms in total. The average Bonchev–Trinajstić information content (AvgIpc) is 2.26. The number of hydrogen-bond acceptors (Lipinski definition) is 4. The summed E-state index contributed by atoms with van der Waals surface area (Å²) >= 11 is 5.64. The van der Waals surface area contributed by atoms with Gasteiger partial charge in [0.1, 0.15) is 0 Å². The van der Waals surface area contributed by atoms with E-state index >= 15 is 0 Å². The Morgan fingerprint density at radius 1 is 1.37 bits per heavy atom. The number of rotatable bonds is 6. The highest BCUT2D eigenvalue weighted by atomic mass is 35.5. The Balaban J connectivity index is 2.69. The molecule has 0 aliphatic carbocycles. The molecular formula is C10H21ClN2O4S2. The van der Waals surface area contributed by atoms with Crippen LogP contribution in [0, 0.1) is 5.92 Å². The van der Waals surface area contributed by atoms with Gasteiger partial charge in [-0.25, -0.2) is 25.9 Å². The SMILES string of the molecule is CC(CCl)CS(=O)(=O)N1CCCC(NS(C)(=O)=O)C1. The zero-order valence-electron chi connectivity index (χ0n) is 11.2. The van der Waals surface area contributed by atoms with Gasteiger partial charge in [0, 0.05) is 25.0 Å². The lowest BCUT2D eigenvalue weighted by molar-refractivity contribution is 0.302. The molecule has 114 valence electrons. The largest absolute Gasteiger partial charge is 0.214 e. The number of hydrogen-bond donors (Lipinski definition) is 1. The number of alkyl halides is 1. The maximum atomic E-state index is 12.2. The van der Waals surface area contributed by atoms with Crippen LogP contribution in [-0.4, -0.2) is 58.2 Å². The number of piperidine rings is 1. The van der Waals surface area contributed by atoms with Crippen molar-refractivity contribution in [2.75, 3.05) is 31.0 Å². The zero-order valence-corrected chi connectivity index (χ0v) is 13.6. The van der Waals surface area contributed by atoms with Gasteiger partial charge in [-0.2, -0.15) is 0 Å². The van der Waals surface area contributed by atoms with Crippen molar-refractivity contribution in [1.82, 2.24) is 9.03 Å². The molecule has 1 heterocycles. The standard InChI is InChI=1S/C10H21ClN2O4S2/c1-9(6-11)8-19(16,17)13-5-3-4-10(7-13)12-18(2,14)15/h9-10,12H,3-8H2,1-2H3. The second-order valence-corrected chi connectivity index (χ2v) is 9.23. The number of nitrogens with one attached hydrogen (secondary N) is 1. The Morgan fingerprint density at radius 3 is 2.53 bits per heavy atom. The molecule has 1 saturated heterocycles. The van der Waals surface area contributed by atoms with Gasteiger partial charge in [0.25, 0.3) is 0 Å². The Hall–Kier alpha value is 0.110. The molecule has 0 radical (unpaired) electrons. The van der Waals surface area contributed by atoms with Crippen LogP contribution in [0.4, 0.5) is 0 Å². The minimum absolute atomic E-state index is 0.00208. The average molecular weight is 333 g/mol. The third-order valence-corrected chi connectivity index (χ3v) is 6.31. The van der Waals surface area contributed by atoms with Crippen molar-refractivity contribution in [3.8, 4) is 0 Å². The highest BCUT2D eigenvalue weighted by molar-refractivity contribution is 7.89. The Kier molecular flexibility index (Phi) is 6.06. The van der Waals surface area contributed by atoms with Crippen LogP contribution >= 0.6 is 11.6 Å². The van der Waals surface area contributed by atoms with E-state index in [2.05, 4.69) is 4.72 Å². The topological polar surface area (TPSA) is 83.6 Å². The van der Waals surface area contributed by atoms with E-state index in [4.69, 9.17) is 11.6 Å². The molecule has 0 saturated carbocycles. The van der Waals surface area contributed by atoms with Gasteiger partial charge in [-0.05, 0) is 18.8 Å². The summed E-state index contributed by atoms with van der Waals surface area (Å²) in [7, 11) is -6.68. The van der Waals surface area contributed by atoms with Crippen LogP contribution in [0.3, 0.4) is 0 Å². The van der Waals surface area contributed by atoms with Crippen LogP contribution in [0.5, 0.6) is 0 Å². The molecule has 2 atom stereocenters. The summed E-state index contributed by atoms with van der Waals surface area (Å²) in [4.78, 5) is 0. The molecule has 0 aromatic rings. The molecule has 1 rings (SSSR count). The predicted molar refractivity (Wildman–Crippen MR) is 76.2 cm³/mol. The maximum Gasteiger partial charge on any atom is 0.214 e. The van der Waals surface area contributed by atoms with Gasteiger partial charge < -0.3 is 0 Å². The van der Waals surface area contributed by atoms with Crippen LogP contribution < -0.4 is 4.72 Å². The van der Waals surface area contributed by atoms with Crippen molar-refractivity contribution in [2.45, 2.75) is 25.8 Å². The van der Waals surface area contributed by atoms with Crippen molar-refractivity contribution in [3.63, 3.8) is 0 Å². The molecule has 19 heavy (non-hydrogen) atoms. The fraction of sp³-hybridized carbons (Fsp3) is 1.00. The Labute approximate surface area is 120 Å². The lowest BCUT2D eigenvalue weighted by atomic mass is 10.1. The second-order valence-electron chi connectivity index (χ2n) is 5.13. The summed E-state index contributed by atoms with van der Waals surface area (Å²) in [6.45, 7) is 2.42. The normalized spacial score (nSPS) is 24.3. The third kappa shape index (κ3) is 5.95. The Morgan fingerprint density at radius 2 is 2.00 bits per heavy atom. The van der Waals surface area contributed by atoms with Gasteiger partial charge >= 0.3 is 0 Å². The first-order valence-electron chi connectivity index (χ1n) is 6.15. The minimum Gasteiger partial charge on any atom is -0.213 e. The second kappa shape index (κ2) is 6.71. The smallest absolute Gasteiger partial charge is 0.213 e. The summed E-state index contributed by atoms with van der Waals surface area (Å²) < 4.78 is 50.5. The fourth-order valence-corrected chi connectivity index (χ4v) is 5.00. The van der Waals surface area contributed by atoms with Crippen molar-refractivity contribution in [1.29, 1.82) is 0 Å². The van der Waals surface area contributed by atoms with Gasteiger partial charge in [0.05, 0.1) is 12.0 Å². The molecule has 0 bridgehead atoms. The van der Waals surface area contributed by atoms with E-state index in [1.807, 2.05) is 0 Å². The lowest BCUT2D eigenvalue weighted by Crippen LogP contribution is -2.50. The molecule has 1 aliphatic rings. The molecule has 1 fully saturated rings. The van der Waals surface area contributed by atoms with Gasteiger partial charge in [0.2, 0.25) is 20.0 Å². The first-order valence-corrected chi connectivity index (χ1v) is 10.2. The molecule has 0 aromatic heterocycles. The fourth-order valence-electron chi connectivity index (χ4n) is 2.10. The van der Waals surface area contributed by atoms with E-state index in [9.17, 15) is 16.8 Å².